The maximum Gasteiger partial charge on any atom is 0.416 e. The molecule has 1 aromatic rings. The van der Waals surface area contributed by atoms with E-state index in [4.69, 9.17) is 0 Å². The van der Waals surface area contributed by atoms with Gasteiger partial charge in [-0.05, 0) is 60.2 Å². The van der Waals surface area contributed by atoms with Crippen LogP contribution in [0.5, 0.6) is 0 Å². The highest BCUT2D eigenvalue weighted by molar-refractivity contribution is 14.1. The second-order valence-electron chi connectivity index (χ2n) is 4.74. The third kappa shape index (κ3) is 5.30. The second kappa shape index (κ2) is 7.64. The summed E-state index contributed by atoms with van der Waals surface area (Å²) in [4.78, 5) is 12.0. The zero-order chi connectivity index (χ0) is 14.8. The molecule has 0 spiro atoms. The fraction of sp³-hybridized carbons (Fsp3) is 0.462. The predicted octanol–water partition coefficient (Wildman–Crippen LogP) is 3.21. The highest BCUT2D eigenvalue weighted by Crippen LogP contribution is 2.31. The summed E-state index contributed by atoms with van der Waals surface area (Å²) < 4.78 is 38.6. The lowest BCUT2D eigenvalue weighted by atomic mass is 10.1. The number of piperidine rings is 1. The van der Waals surface area contributed by atoms with Crippen LogP contribution in [0.1, 0.15) is 28.8 Å². The molecule has 118 valence electrons. The molecule has 1 heterocycles. The molecule has 1 aliphatic heterocycles. The maximum absolute atomic E-state index is 12.7. The summed E-state index contributed by atoms with van der Waals surface area (Å²) in [7, 11) is 0. The molecule has 3 nitrogen and oxygen atoms in total. The van der Waals surface area contributed by atoms with Crippen molar-refractivity contribution >= 4 is 40.9 Å². The summed E-state index contributed by atoms with van der Waals surface area (Å²) in [6.45, 7) is 1.57. The molecule has 8 heteroatoms. The molecule has 0 saturated carbocycles. The van der Waals surface area contributed by atoms with Crippen molar-refractivity contribution in [1.29, 1.82) is 0 Å². The van der Waals surface area contributed by atoms with E-state index in [1.807, 2.05) is 0 Å². The van der Waals surface area contributed by atoms with Gasteiger partial charge in [-0.3, -0.25) is 4.79 Å². The standard InChI is InChI=1S/C13H14F3IN2O.ClH/c14-13(15,16)9-4-8(5-10(17)6-9)12(20)19-11-2-1-3-18-7-11;/h4-6,11,18H,1-3,7H2,(H,19,20);1H. The van der Waals surface area contributed by atoms with Crippen LogP contribution in [0.25, 0.3) is 0 Å². The molecule has 0 radical (unpaired) electrons. The maximum atomic E-state index is 12.7. The number of alkyl halides is 3. The number of carbonyl (C=O) groups excluding carboxylic acids is 1. The van der Waals surface area contributed by atoms with Gasteiger partial charge in [0.05, 0.1) is 5.56 Å². The Morgan fingerprint density at radius 2 is 2.05 bits per heavy atom. The van der Waals surface area contributed by atoms with E-state index in [0.29, 0.717) is 10.1 Å². The van der Waals surface area contributed by atoms with Gasteiger partial charge in [-0.25, -0.2) is 0 Å². The van der Waals surface area contributed by atoms with Crippen LogP contribution in [0.2, 0.25) is 0 Å². The van der Waals surface area contributed by atoms with Crippen LogP contribution >= 0.6 is 35.0 Å². The van der Waals surface area contributed by atoms with E-state index >= 15 is 0 Å². The molecule has 0 bridgehead atoms. The first-order valence-electron chi connectivity index (χ1n) is 6.25. The first-order chi connectivity index (χ1) is 9.36. The molecule has 1 aliphatic rings. The van der Waals surface area contributed by atoms with E-state index in [0.717, 1.165) is 31.5 Å². The number of amides is 1. The van der Waals surface area contributed by atoms with E-state index in [1.165, 1.54) is 6.07 Å². The molecule has 0 aromatic heterocycles. The fourth-order valence-electron chi connectivity index (χ4n) is 2.13. The van der Waals surface area contributed by atoms with Crippen molar-refractivity contribution < 1.29 is 18.0 Å². The first kappa shape index (κ1) is 18.5. The molecule has 1 amide bonds. The van der Waals surface area contributed by atoms with Gasteiger partial charge in [0.2, 0.25) is 0 Å². The highest BCUT2D eigenvalue weighted by atomic mass is 127. The van der Waals surface area contributed by atoms with E-state index in [9.17, 15) is 18.0 Å². The number of nitrogens with one attached hydrogen (secondary N) is 2. The van der Waals surface area contributed by atoms with Crippen molar-refractivity contribution in [3.8, 4) is 0 Å². The molecule has 2 N–H and O–H groups in total. The third-order valence-corrected chi connectivity index (χ3v) is 3.74. The fourth-order valence-corrected chi connectivity index (χ4v) is 2.80. The number of halogens is 5. The molecule has 21 heavy (non-hydrogen) atoms. The number of rotatable bonds is 2. The van der Waals surface area contributed by atoms with E-state index < -0.39 is 17.6 Å². The normalized spacial score (nSPS) is 18.8. The Morgan fingerprint density at radius 1 is 1.33 bits per heavy atom. The quantitative estimate of drug-likeness (QED) is 0.702. The minimum Gasteiger partial charge on any atom is -0.348 e. The zero-order valence-electron chi connectivity index (χ0n) is 11.0. The lowest BCUT2D eigenvalue weighted by molar-refractivity contribution is -0.137. The van der Waals surface area contributed by atoms with Crippen molar-refractivity contribution in [2.24, 2.45) is 0 Å². The van der Waals surface area contributed by atoms with Gasteiger partial charge >= 0.3 is 6.18 Å². The van der Waals surface area contributed by atoms with Gasteiger partial charge in [-0.15, -0.1) is 12.4 Å². The molecule has 0 aliphatic carbocycles. The van der Waals surface area contributed by atoms with Crippen LogP contribution in [0.3, 0.4) is 0 Å². The number of hydrogen-bond donors (Lipinski definition) is 2. The molecule has 1 aromatic carbocycles. The Balaban J connectivity index is 0.00000220. The largest absolute Gasteiger partial charge is 0.416 e. The second-order valence-corrected chi connectivity index (χ2v) is 5.99. The summed E-state index contributed by atoms with van der Waals surface area (Å²) in [5.74, 6) is -0.456. The SMILES string of the molecule is Cl.O=C(NC1CCCNC1)c1cc(I)cc(C(F)(F)F)c1. The van der Waals surface area contributed by atoms with Crippen LogP contribution in [0.15, 0.2) is 18.2 Å². The van der Waals surface area contributed by atoms with Gasteiger partial charge in [0, 0.05) is 21.7 Å². The van der Waals surface area contributed by atoms with E-state index in [1.54, 1.807) is 22.6 Å². The summed E-state index contributed by atoms with van der Waals surface area (Å²) in [5.41, 5.74) is -0.744. The van der Waals surface area contributed by atoms with E-state index in [-0.39, 0.29) is 24.0 Å². The van der Waals surface area contributed by atoms with E-state index in [2.05, 4.69) is 10.6 Å². The molecule has 1 unspecified atom stereocenters. The van der Waals surface area contributed by atoms with Crippen molar-refractivity contribution in [3.63, 3.8) is 0 Å². The molecule has 1 saturated heterocycles. The van der Waals surface area contributed by atoms with Crippen LogP contribution in [0, 0.1) is 3.57 Å². The van der Waals surface area contributed by atoms with Crippen molar-refractivity contribution in [2.75, 3.05) is 13.1 Å². The van der Waals surface area contributed by atoms with Gasteiger partial charge in [-0.2, -0.15) is 13.2 Å². The topological polar surface area (TPSA) is 41.1 Å². The van der Waals surface area contributed by atoms with Crippen molar-refractivity contribution in [3.05, 3.63) is 32.9 Å². The van der Waals surface area contributed by atoms with Crippen LogP contribution < -0.4 is 10.6 Å². The first-order valence-corrected chi connectivity index (χ1v) is 7.33. The minimum atomic E-state index is -4.44. The number of hydrogen-bond acceptors (Lipinski definition) is 2. The zero-order valence-corrected chi connectivity index (χ0v) is 13.9. The predicted molar refractivity (Wildman–Crippen MR) is 84.8 cm³/mol. The Morgan fingerprint density at radius 3 is 2.62 bits per heavy atom. The number of carbonyl (C=O) groups is 1. The minimum absolute atomic E-state index is 0. The molecule has 2 rings (SSSR count). The summed E-state index contributed by atoms with van der Waals surface area (Å²) >= 11 is 1.78. The monoisotopic (exact) mass is 434 g/mol. The average Bonchev–Trinajstić information content (AvgIpc) is 2.38. The Hall–Kier alpha value is -0.540. The van der Waals surface area contributed by atoms with Gasteiger partial charge in [0.1, 0.15) is 0 Å². The summed E-state index contributed by atoms with van der Waals surface area (Å²) in [5, 5.41) is 5.91. The Bertz CT molecular complexity index is 505. The number of benzene rings is 1. The van der Waals surface area contributed by atoms with Crippen LogP contribution in [0.4, 0.5) is 13.2 Å². The smallest absolute Gasteiger partial charge is 0.348 e. The molecular formula is C13H15ClF3IN2O. The Kier molecular flexibility index (Phi) is 6.73. The molecule has 1 atom stereocenters. The van der Waals surface area contributed by atoms with Crippen molar-refractivity contribution in [2.45, 2.75) is 25.1 Å². The lowest BCUT2D eigenvalue weighted by Crippen LogP contribution is -2.45. The summed E-state index contributed by atoms with van der Waals surface area (Å²) in [6, 6.07) is 3.36. The van der Waals surface area contributed by atoms with Gasteiger partial charge in [0.15, 0.2) is 0 Å². The van der Waals surface area contributed by atoms with Crippen LogP contribution in [-0.4, -0.2) is 25.0 Å². The lowest BCUT2D eigenvalue weighted by Gasteiger charge is -2.24. The van der Waals surface area contributed by atoms with Crippen LogP contribution in [-0.2, 0) is 6.18 Å². The van der Waals surface area contributed by atoms with Gasteiger partial charge in [0.25, 0.3) is 5.91 Å². The van der Waals surface area contributed by atoms with Gasteiger partial charge < -0.3 is 10.6 Å². The highest BCUT2D eigenvalue weighted by Gasteiger charge is 2.31. The van der Waals surface area contributed by atoms with Gasteiger partial charge in [-0.1, -0.05) is 0 Å². The summed E-state index contributed by atoms with van der Waals surface area (Å²) in [6.07, 6.45) is -2.65. The average molecular weight is 435 g/mol. The third-order valence-electron chi connectivity index (χ3n) is 3.12. The van der Waals surface area contributed by atoms with Crippen molar-refractivity contribution in [1.82, 2.24) is 10.6 Å². The molecular weight excluding hydrogens is 420 g/mol. The Labute approximate surface area is 140 Å². The molecule has 1 fully saturated rings.